The number of hydrogen-bond donors (Lipinski definition) is 0. The lowest BCUT2D eigenvalue weighted by molar-refractivity contribution is -0.127. The fourth-order valence-electron chi connectivity index (χ4n) is 7.48. The highest BCUT2D eigenvalue weighted by Crippen LogP contribution is 2.66. The van der Waals surface area contributed by atoms with Crippen LogP contribution in [0.5, 0.6) is 0 Å². The molecule has 0 bridgehead atoms. The highest BCUT2D eigenvalue weighted by Gasteiger charge is 2.59. The van der Waals surface area contributed by atoms with Crippen LogP contribution in [-0.2, 0) is 4.79 Å². The van der Waals surface area contributed by atoms with Crippen molar-refractivity contribution < 1.29 is 4.79 Å². The molecule has 0 aromatic heterocycles. The van der Waals surface area contributed by atoms with Gasteiger partial charge in [-0.3, -0.25) is 4.79 Å². The summed E-state index contributed by atoms with van der Waals surface area (Å²) in [6.45, 7) is 6.69. The summed E-state index contributed by atoms with van der Waals surface area (Å²) < 4.78 is 0. The molecule has 0 N–H and O–H groups in total. The SMILES string of the molecule is CC(=O)[C@@H]1CC[C@@H]2[C@H]3CC=C4C[C@@H](N=[N+]=[N-])CC[C@]4(C)[C@@H]3CC[C@@]21C. The Balaban J connectivity index is 1.63. The van der Waals surface area contributed by atoms with Crippen molar-refractivity contribution in [3.8, 4) is 0 Å². The van der Waals surface area contributed by atoms with Crippen LogP contribution in [0, 0.1) is 34.5 Å². The fourth-order valence-corrected chi connectivity index (χ4v) is 7.48. The molecular weight excluding hydrogens is 310 g/mol. The van der Waals surface area contributed by atoms with Gasteiger partial charge in [-0.05, 0) is 92.4 Å². The number of carbonyl (C=O) groups is 1. The molecule has 4 rings (SSSR count). The first-order valence-corrected chi connectivity index (χ1v) is 10.1. The minimum atomic E-state index is 0.156. The van der Waals surface area contributed by atoms with Crippen LogP contribution in [0.3, 0.4) is 0 Å². The summed E-state index contributed by atoms with van der Waals surface area (Å²) in [6, 6.07) is 0.156. The van der Waals surface area contributed by atoms with Crippen LogP contribution in [0.1, 0.15) is 72.1 Å². The number of azide groups is 1. The third kappa shape index (κ3) is 2.40. The van der Waals surface area contributed by atoms with Crippen LogP contribution in [0.15, 0.2) is 16.8 Å². The maximum absolute atomic E-state index is 12.2. The number of rotatable bonds is 2. The molecule has 0 aromatic rings. The van der Waals surface area contributed by atoms with Crippen molar-refractivity contribution in [1.82, 2.24) is 0 Å². The zero-order valence-electron chi connectivity index (χ0n) is 15.9. The number of nitrogens with zero attached hydrogens (tertiary/aromatic N) is 3. The van der Waals surface area contributed by atoms with Crippen molar-refractivity contribution in [3.63, 3.8) is 0 Å². The van der Waals surface area contributed by atoms with E-state index in [-0.39, 0.29) is 17.4 Å². The second-order valence-corrected chi connectivity index (χ2v) is 9.65. The van der Waals surface area contributed by atoms with Crippen molar-refractivity contribution in [2.75, 3.05) is 0 Å². The minimum Gasteiger partial charge on any atom is -0.300 e. The van der Waals surface area contributed by atoms with Crippen molar-refractivity contribution in [2.24, 2.45) is 39.6 Å². The predicted molar refractivity (Wildman–Crippen MR) is 98.8 cm³/mol. The highest BCUT2D eigenvalue weighted by atomic mass is 16.1. The van der Waals surface area contributed by atoms with E-state index in [1.54, 1.807) is 5.57 Å². The van der Waals surface area contributed by atoms with Gasteiger partial charge < -0.3 is 0 Å². The maximum Gasteiger partial charge on any atom is 0.133 e. The second-order valence-electron chi connectivity index (χ2n) is 9.65. The molecule has 0 heterocycles. The van der Waals surface area contributed by atoms with E-state index in [0.29, 0.717) is 17.1 Å². The average molecular weight is 341 g/mol. The zero-order chi connectivity index (χ0) is 17.8. The Bertz CT molecular complexity index is 664. The lowest BCUT2D eigenvalue weighted by atomic mass is 9.47. The van der Waals surface area contributed by atoms with E-state index in [9.17, 15) is 4.79 Å². The van der Waals surface area contributed by atoms with E-state index in [2.05, 4.69) is 29.9 Å². The molecule has 0 saturated heterocycles. The van der Waals surface area contributed by atoms with Gasteiger partial charge in [-0.15, -0.1) is 0 Å². The Hall–Kier alpha value is -1.28. The Morgan fingerprint density at radius 3 is 2.72 bits per heavy atom. The van der Waals surface area contributed by atoms with E-state index in [0.717, 1.165) is 37.5 Å². The highest BCUT2D eigenvalue weighted by molar-refractivity contribution is 5.79. The molecule has 0 spiro atoms. The molecule has 0 aromatic carbocycles. The van der Waals surface area contributed by atoms with Gasteiger partial charge in [-0.25, -0.2) is 0 Å². The van der Waals surface area contributed by atoms with E-state index < -0.39 is 0 Å². The summed E-state index contributed by atoms with van der Waals surface area (Å²) in [6.07, 6.45) is 11.6. The lowest BCUT2D eigenvalue weighted by Gasteiger charge is -2.58. The van der Waals surface area contributed by atoms with Crippen molar-refractivity contribution in [2.45, 2.75) is 78.2 Å². The molecule has 25 heavy (non-hydrogen) atoms. The minimum absolute atomic E-state index is 0.156. The molecule has 0 aliphatic heterocycles. The molecule has 4 nitrogen and oxygen atoms in total. The standard InChI is InChI=1S/C21H31N3O/c1-13(25)17-6-7-18-16-5-4-14-12-15(23-24-22)8-10-20(14,2)19(16)9-11-21(17,18)3/h4,15-19H,5-12H2,1-3H3/t15-,16+,17-,18+,19+,20-,21+/m0/s1. The fraction of sp³-hybridized carbons (Fsp3) is 0.857. The third-order valence-electron chi connectivity index (χ3n) is 8.78. The van der Waals surface area contributed by atoms with Crippen LogP contribution in [0.2, 0.25) is 0 Å². The molecule has 136 valence electrons. The maximum atomic E-state index is 12.2. The number of allylic oxidation sites excluding steroid dienone is 1. The third-order valence-corrected chi connectivity index (χ3v) is 8.78. The van der Waals surface area contributed by atoms with Gasteiger partial charge in [0.15, 0.2) is 0 Å². The summed E-state index contributed by atoms with van der Waals surface area (Å²) in [5.41, 5.74) is 10.9. The first-order valence-electron chi connectivity index (χ1n) is 10.1. The van der Waals surface area contributed by atoms with Crippen LogP contribution in [0.25, 0.3) is 10.4 Å². The smallest absolute Gasteiger partial charge is 0.133 e. The number of hydrogen-bond acceptors (Lipinski definition) is 2. The Morgan fingerprint density at radius 1 is 1.20 bits per heavy atom. The molecule has 4 aliphatic rings. The number of fused-ring (bicyclic) bond motifs is 5. The van der Waals surface area contributed by atoms with Crippen LogP contribution in [0.4, 0.5) is 0 Å². The van der Waals surface area contributed by atoms with Gasteiger partial charge in [0, 0.05) is 16.9 Å². The van der Waals surface area contributed by atoms with E-state index >= 15 is 0 Å². The number of carbonyl (C=O) groups excluding carboxylic acids is 1. The van der Waals surface area contributed by atoms with Gasteiger partial charge in [-0.2, -0.15) is 0 Å². The summed E-state index contributed by atoms with van der Waals surface area (Å²) in [5, 5.41) is 4.01. The first-order chi connectivity index (χ1) is 11.9. The average Bonchev–Trinajstić information content (AvgIpc) is 2.93. The second kappa shape index (κ2) is 5.87. The number of Topliss-reactive ketones (excluding diaryl/α,β-unsaturated/α-hetero) is 1. The molecule has 0 unspecified atom stereocenters. The summed E-state index contributed by atoms with van der Waals surface area (Å²) in [7, 11) is 0. The van der Waals surface area contributed by atoms with Gasteiger partial charge >= 0.3 is 0 Å². The van der Waals surface area contributed by atoms with Gasteiger partial charge in [-0.1, -0.05) is 30.6 Å². The summed E-state index contributed by atoms with van der Waals surface area (Å²) in [4.78, 5) is 15.2. The largest absolute Gasteiger partial charge is 0.300 e. The zero-order valence-corrected chi connectivity index (χ0v) is 15.9. The molecule has 4 aliphatic carbocycles. The summed E-state index contributed by atoms with van der Waals surface area (Å²) >= 11 is 0. The van der Waals surface area contributed by atoms with Crippen molar-refractivity contribution in [1.29, 1.82) is 0 Å². The number of ketones is 1. The van der Waals surface area contributed by atoms with Gasteiger partial charge in [0.2, 0.25) is 0 Å². The quantitative estimate of drug-likeness (QED) is 0.269. The Labute approximate surface area is 151 Å². The van der Waals surface area contributed by atoms with E-state index in [1.807, 2.05) is 6.92 Å². The Kier molecular flexibility index (Phi) is 4.03. The Morgan fingerprint density at radius 2 is 2.00 bits per heavy atom. The summed E-state index contributed by atoms with van der Waals surface area (Å²) in [5.74, 6) is 2.91. The van der Waals surface area contributed by atoms with Crippen LogP contribution in [-0.4, -0.2) is 11.8 Å². The van der Waals surface area contributed by atoms with Crippen molar-refractivity contribution in [3.05, 3.63) is 22.1 Å². The normalized spacial score (nSPS) is 48.4. The monoisotopic (exact) mass is 341 g/mol. The topological polar surface area (TPSA) is 65.8 Å². The van der Waals surface area contributed by atoms with Gasteiger partial charge in [0.1, 0.15) is 5.78 Å². The predicted octanol–water partition coefficient (Wildman–Crippen LogP) is 5.83. The van der Waals surface area contributed by atoms with Crippen molar-refractivity contribution >= 4 is 5.78 Å². The van der Waals surface area contributed by atoms with Gasteiger partial charge in [0.25, 0.3) is 0 Å². The molecule has 0 amide bonds. The van der Waals surface area contributed by atoms with Crippen LogP contribution >= 0.6 is 0 Å². The van der Waals surface area contributed by atoms with Gasteiger partial charge in [0.05, 0.1) is 0 Å². The molecule has 7 atom stereocenters. The van der Waals surface area contributed by atoms with Crippen LogP contribution < -0.4 is 0 Å². The first kappa shape index (κ1) is 17.1. The van der Waals surface area contributed by atoms with E-state index in [1.165, 1.54) is 25.7 Å². The lowest BCUT2D eigenvalue weighted by Crippen LogP contribution is -2.50. The molecular formula is C21H31N3O. The molecule has 3 saturated carbocycles. The van der Waals surface area contributed by atoms with E-state index in [4.69, 9.17) is 5.53 Å². The molecule has 4 heteroatoms. The molecule has 3 fully saturated rings. The molecule has 0 radical (unpaired) electrons.